The van der Waals surface area contributed by atoms with Crippen molar-refractivity contribution in [1.82, 2.24) is 0 Å². The van der Waals surface area contributed by atoms with E-state index in [1.165, 1.54) is 0 Å². The van der Waals surface area contributed by atoms with Crippen molar-refractivity contribution in [1.29, 1.82) is 0 Å². The fraction of sp³-hybridized carbons (Fsp3) is 0. The summed E-state index contributed by atoms with van der Waals surface area (Å²) in [5.74, 6) is 0. The Bertz CT molecular complexity index is 29.0. The fourth-order valence-corrected chi connectivity index (χ4v) is 0. The van der Waals surface area contributed by atoms with Crippen LogP contribution in [0.4, 0.5) is 4.79 Å². The van der Waals surface area contributed by atoms with Crippen LogP contribution >= 0.6 is 0 Å². The number of hydrogen-bond acceptors (Lipinski definition) is 1. The average molecular weight is 182 g/mol. The minimum atomic E-state index is -0.639. The van der Waals surface area contributed by atoms with Gasteiger partial charge in [-0.1, -0.05) is 0 Å². The molecule has 19 valence electrons. The molecule has 1 radical (unpaired) electrons. The summed E-state index contributed by atoms with van der Waals surface area (Å²) < 4.78 is -0.639. The molecule has 0 aromatic carbocycles. The molecule has 2 nitrogen and oxygen atoms in total. The SMILES string of the molecule is O=[C](O)[Ba]. The van der Waals surface area contributed by atoms with Crippen molar-refractivity contribution < 1.29 is 9.90 Å². The molecule has 0 fully saturated rings. The third kappa shape index (κ3) is 11.7. The predicted molar refractivity (Wildman–Crippen MR) is 13.8 cm³/mol. The molecular weight excluding hydrogens is 181 g/mol. The van der Waals surface area contributed by atoms with Crippen LogP contribution in [0.25, 0.3) is 0 Å². The van der Waals surface area contributed by atoms with Crippen LogP contribution in [0.3, 0.4) is 0 Å². The Morgan fingerprint density at radius 2 is 2.00 bits per heavy atom. The molecule has 0 spiro atoms. The van der Waals surface area contributed by atoms with Crippen LogP contribution in [0.5, 0.6) is 0 Å². The summed E-state index contributed by atoms with van der Waals surface area (Å²) in [6, 6.07) is 0. The van der Waals surface area contributed by atoms with Gasteiger partial charge in [-0.15, -0.1) is 0 Å². The molecule has 0 saturated heterocycles. The zero-order valence-electron chi connectivity index (χ0n) is 2.06. The van der Waals surface area contributed by atoms with Gasteiger partial charge < -0.3 is 0 Å². The molecule has 0 rings (SSSR count). The van der Waals surface area contributed by atoms with Gasteiger partial charge in [0.15, 0.2) is 0 Å². The minimum absolute atomic E-state index is 0.0617. The molecule has 0 bridgehead atoms. The molecular formula is CHBaO2. The summed E-state index contributed by atoms with van der Waals surface area (Å²) in [7, 11) is 0. The summed E-state index contributed by atoms with van der Waals surface area (Å²) in [4.78, 5) is 9.09. The van der Waals surface area contributed by atoms with E-state index in [1.807, 2.05) is 0 Å². The number of carbonyl (C=O) groups is 1. The van der Waals surface area contributed by atoms with Gasteiger partial charge in [-0.3, -0.25) is 0 Å². The average Bonchev–Trinajstić information content (AvgIpc) is 0.811. The van der Waals surface area contributed by atoms with Crippen LogP contribution in [0, 0.1) is 0 Å². The standard InChI is InChI=1S/CHO2.Ba/c2-1-3;/h(H,2,3);. The van der Waals surface area contributed by atoms with Crippen LogP contribution in [0.15, 0.2) is 0 Å². The van der Waals surface area contributed by atoms with Crippen LogP contribution in [-0.2, 0) is 0 Å². The monoisotopic (exact) mass is 183 g/mol. The Kier molecular flexibility index (Phi) is 2.88. The summed E-state index contributed by atoms with van der Waals surface area (Å²) in [5, 5.41) is 7.50. The molecule has 0 saturated carbocycles. The molecule has 4 heavy (non-hydrogen) atoms. The van der Waals surface area contributed by atoms with Gasteiger partial charge >= 0.3 is 56.9 Å². The van der Waals surface area contributed by atoms with Crippen LogP contribution in [0.2, 0.25) is 0 Å². The second-order valence-corrected chi connectivity index (χ2v) is 2.29. The Balaban J connectivity index is 2.80. The Labute approximate surface area is 55.9 Å². The molecule has 0 amide bonds. The number of rotatable bonds is 0. The summed E-state index contributed by atoms with van der Waals surface area (Å²) in [6.07, 6.45) is 0. The van der Waals surface area contributed by atoms with Crippen molar-refractivity contribution in [3.63, 3.8) is 0 Å². The van der Waals surface area contributed by atoms with Gasteiger partial charge in [0.2, 0.25) is 0 Å². The molecule has 0 aliphatic rings. The van der Waals surface area contributed by atoms with Gasteiger partial charge in [-0.2, -0.15) is 0 Å². The van der Waals surface area contributed by atoms with Gasteiger partial charge in [0.05, 0.1) is 0 Å². The van der Waals surface area contributed by atoms with Gasteiger partial charge in [0.25, 0.3) is 0 Å². The van der Waals surface area contributed by atoms with E-state index in [9.17, 15) is 0 Å². The van der Waals surface area contributed by atoms with Crippen molar-refractivity contribution >= 4 is 47.0 Å². The molecule has 3 heteroatoms. The normalized spacial score (nSPS) is 5.75. The summed E-state index contributed by atoms with van der Waals surface area (Å²) >= 11 is -0.0617. The van der Waals surface area contributed by atoms with Gasteiger partial charge in [0, 0.05) is 0 Å². The molecule has 0 aromatic heterocycles. The molecule has 0 aliphatic carbocycles. The second-order valence-electron chi connectivity index (χ2n) is 0.394. The van der Waals surface area contributed by atoms with Crippen molar-refractivity contribution in [3.05, 3.63) is 0 Å². The molecule has 0 unspecified atom stereocenters. The molecule has 0 aromatic rings. The molecule has 0 aliphatic heterocycles. The zero-order valence-corrected chi connectivity index (χ0v) is 6.50. The Morgan fingerprint density at radius 1 is 2.00 bits per heavy atom. The van der Waals surface area contributed by atoms with E-state index in [0.717, 1.165) is 0 Å². The molecule has 0 atom stereocenters. The second kappa shape index (κ2) is 2.29. The summed E-state index contributed by atoms with van der Waals surface area (Å²) in [5.41, 5.74) is 0. The van der Waals surface area contributed by atoms with E-state index in [1.54, 1.807) is 0 Å². The number of carboxylic acid groups (broad SMARTS) is 1. The van der Waals surface area contributed by atoms with E-state index in [0.29, 0.717) is 0 Å². The number of hydrogen-bond donors (Lipinski definition) is 1. The van der Waals surface area contributed by atoms with E-state index in [2.05, 4.69) is 0 Å². The fourth-order valence-electron chi connectivity index (χ4n) is 0. The maximum atomic E-state index is 9.09. The zero-order chi connectivity index (χ0) is 3.58. The molecule has 1 N–H and O–H groups in total. The Hall–Kier alpha value is 1.04. The Morgan fingerprint density at radius 3 is 2.00 bits per heavy atom. The van der Waals surface area contributed by atoms with Crippen LogP contribution < -0.4 is 0 Å². The van der Waals surface area contributed by atoms with Gasteiger partial charge in [-0.25, -0.2) is 0 Å². The quantitative estimate of drug-likeness (QED) is 0.528. The van der Waals surface area contributed by atoms with E-state index < -0.39 is 0.437 Å². The maximum absolute atomic E-state index is 9.09. The third-order valence-electron chi connectivity index (χ3n) is 0. The van der Waals surface area contributed by atoms with Crippen LogP contribution in [-0.4, -0.2) is 52.1 Å². The van der Waals surface area contributed by atoms with Crippen molar-refractivity contribution in [2.45, 2.75) is 0 Å². The van der Waals surface area contributed by atoms with E-state index >= 15 is 0 Å². The van der Waals surface area contributed by atoms with Gasteiger partial charge in [-0.05, 0) is 0 Å². The third-order valence-corrected chi connectivity index (χ3v) is 0. The predicted octanol–water partition coefficient (Wildman–Crippen LogP) is -0.167. The van der Waals surface area contributed by atoms with Gasteiger partial charge in [0.1, 0.15) is 0 Å². The first-order valence-electron chi connectivity index (χ1n) is 0.781. The first-order chi connectivity index (χ1) is 1.73. The van der Waals surface area contributed by atoms with Crippen molar-refractivity contribution in [2.75, 3.05) is 0 Å². The van der Waals surface area contributed by atoms with Crippen LogP contribution in [0.1, 0.15) is 0 Å². The van der Waals surface area contributed by atoms with E-state index in [-0.39, 0.29) is 46.5 Å². The summed E-state index contributed by atoms with van der Waals surface area (Å²) in [6.45, 7) is 0. The first kappa shape index (κ1) is 5.04. The van der Waals surface area contributed by atoms with Crippen molar-refractivity contribution in [3.8, 4) is 0 Å². The molecule has 0 heterocycles. The van der Waals surface area contributed by atoms with E-state index in [4.69, 9.17) is 9.90 Å². The first-order valence-corrected chi connectivity index (χ1v) is 3.00. The van der Waals surface area contributed by atoms with Crippen molar-refractivity contribution in [2.24, 2.45) is 0 Å². The topological polar surface area (TPSA) is 37.3 Å².